The van der Waals surface area contributed by atoms with Gasteiger partial charge in [0.1, 0.15) is 5.82 Å². The minimum Gasteiger partial charge on any atom is -0.346 e. The van der Waals surface area contributed by atoms with Gasteiger partial charge in [0.15, 0.2) is 0 Å². The number of aromatic amines is 1. The molecular weight excluding hydrogens is 346 g/mol. The van der Waals surface area contributed by atoms with Crippen molar-refractivity contribution in [1.29, 1.82) is 0 Å². The van der Waals surface area contributed by atoms with Gasteiger partial charge in [0.25, 0.3) is 0 Å². The predicted molar refractivity (Wildman–Crippen MR) is 106 cm³/mol. The second-order valence-electron chi connectivity index (χ2n) is 6.49. The van der Waals surface area contributed by atoms with Crippen molar-refractivity contribution in [3.05, 3.63) is 47.0 Å². The van der Waals surface area contributed by atoms with Crippen molar-refractivity contribution in [2.75, 3.05) is 12.0 Å². The third kappa shape index (κ3) is 3.93. The van der Waals surface area contributed by atoms with Gasteiger partial charge in [0.2, 0.25) is 5.91 Å². The Bertz CT molecular complexity index is 881. The molecular formula is C19H25N5OS. The Balaban J connectivity index is 1.78. The van der Waals surface area contributed by atoms with Crippen molar-refractivity contribution in [1.82, 2.24) is 25.1 Å². The molecule has 0 saturated heterocycles. The fraction of sp³-hybridized carbons (Fsp3) is 0.421. The highest BCUT2D eigenvalue weighted by Gasteiger charge is 2.20. The second kappa shape index (κ2) is 7.95. The van der Waals surface area contributed by atoms with Crippen LogP contribution in [0.1, 0.15) is 35.2 Å². The molecule has 0 aliphatic rings. The summed E-state index contributed by atoms with van der Waals surface area (Å²) in [6, 6.07) is 7.80. The maximum absolute atomic E-state index is 12.7. The summed E-state index contributed by atoms with van der Waals surface area (Å²) in [7, 11) is 1.90. The number of imidazole rings is 1. The van der Waals surface area contributed by atoms with Crippen LogP contribution in [0, 0.1) is 13.8 Å². The topological polar surface area (TPSA) is 75.6 Å². The Kier molecular flexibility index (Phi) is 5.66. The Morgan fingerprint density at radius 1 is 1.35 bits per heavy atom. The lowest BCUT2D eigenvalue weighted by atomic mass is 10.1. The van der Waals surface area contributed by atoms with Gasteiger partial charge in [-0.2, -0.15) is 16.9 Å². The Morgan fingerprint density at radius 2 is 2.12 bits per heavy atom. The van der Waals surface area contributed by atoms with Crippen LogP contribution in [0.3, 0.4) is 0 Å². The first-order valence-electron chi connectivity index (χ1n) is 8.71. The van der Waals surface area contributed by atoms with E-state index >= 15 is 0 Å². The van der Waals surface area contributed by atoms with Crippen LogP contribution in [0.15, 0.2) is 24.3 Å². The van der Waals surface area contributed by atoms with Gasteiger partial charge in [-0.25, -0.2) is 4.98 Å². The number of rotatable bonds is 7. The standard InChI is InChI=1S/C19H25N5OS/c1-12-14(13(2)24(3)23-12)11-18(25)20-17(9-10-26-4)19-21-15-7-5-6-8-16(15)22-19/h5-8,17H,9-11H2,1-4H3,(H,20,25)(H,21,22)/t17-/m1/s1. The fourth-order valence-corrected chi connectivity index (χ4v) is 3.60. The van der Waals surface area contributed by atoms with Crippen molar-refractivity contribution < 1.29 is 4.79 Å². The molecule has 7 heteroatoms. The van der Waals surface area contributed by atoms with E-state index in [1.54, 1.807) is 11.8 Å². The van der Waals surface area contributed by atoms with Crippen LogP contribution in [-0.2, 0) is 18.3 Å². The van der Waals surface area contributed by atoms with E-state index in [0.717, 1.165) is 46.0 Å². The SMILES string of the molecule is CSCC[C@@H](NC(=O)Cc1c(C)nn(C)c1C)c1nc2ccccc2[nH]1. The molecule has 6 nitrogen and oxygen atoms in total. The number of hydrogen-bond acceptors (Lipinski definition) is 4. The zero-order chi connectivity index (χ0) is 18.7. The normalized spacial score (nSPS) is 12.5. The van der Waals surface area contributed by atoms with E-state index in [1.807, 2.05) is 49.8 Å². The number of carbonyl (C=O) groups excluding carboxylic acids is 1. The summed E-state index contributed by atoms with van der Waals surface area (Å²) in [6.07, 6.45) is 3.24. The molecule has 0 unspecified atom stereocenters. The first-order valence-corrected chi connectivity index (χ1v) is 10.1. The lowest BCUT2D eigenvalue weighted by molar-refractivity contribution is -0.121. The van der Waals surface area contributed by atoms with Gasteiger partial charge in [0, 0.05) is 18.3 Å². The third-order valence-electron chi connectivity index (χ3n) is 4.68. The maximum Gasteiger partial charge on any atom is 0.225 e. The Hall–Kier alpha value is -2.28. The van der Waals surface area contributed by atoms with Crippen molar-refractivity contribution in [3.8, 4) is 0 Å². The van der Waals surface area contributed by atoms with E-state index in [-0.39, 0.29) is 11.9 Å². The van der Waals surface area contributed by atoms with Crippen LogP contribution < -0.4 is 5.32 Å². The maximum atomic E-state index is 12.7. The van der Waals surface area contributed by atoms with E-state index < -0.39 is 0 Å². The second-order valence-corrected chi connectivity index (χ2v) is 7.48. The van der Waals surface area contributed by atoms with E-state index in [4.69, 9.17) is 0 Å². The summed E-state index contributed by atoms with van der Waals surface area (Å²) in [5, 5.41) is 7.55. The molecule has 2 aromatic heterocycles. The number of aromatic nitrogens is 4. The van der Waals surface area contributed by atoms with E-state index in [2.05, 4.69) is 26.6 Å². The lowest BCUT2D eigenvalue weighted by Crippen LogP contribution is -2.31. The number of amides is 1. The zero-order valence-corrected chi connectivity index (χ0v) is 16.5. The molecule has 1 amide bonds. The van der Waals surface area contributed by atoms with E-state index in [0.29, 0.717) is 6.42 Å². The summed E-state index contributed by atoms with van der Waals surface area (Å²) in [6.45, 7) is 3.94. The molecule has 2 N–H and O–H groups in total. The first-order chi connectivity index (χ1) is 12.5. The van der Waals surface area contributed by atoms with Gasteiger partial charge in [-0.1, -0.05) is 12.1 Å². The molecule has 3 aromatic rings. The summed E-state index contributed by atoms with van der Waals surface area (Å²) in [4.78, 5) is 20.7. The molecule has 2 heterocycles. The fourth-order valence-electron chi connectivity index (χ4n) is 3.13. The monoisotopic (exact) mass is 371 g/mol. The molecule has 1 aromatic carbocycles. The number of nitrogens with one attached hydrogen (secondary N) is 2. The number of H-pyrrole nitrogens is 1. The number of carbonyl (C=O) groups is 1. The molecule has 0 saturated carbocycles. The Labute approximate surface area is 157 Å². The third-order valence-corrected chi connectivity index (χ3v) is 5.32. The van der Waals surface area contributed by atoms with Crippen LogP contribution in [0.5, 0.6) is 0 Å². The van der Waals surface area contributed by atoms with Crippen LogP contribution in [0.4, 0.5) is 0 Å². The molecule has 0 spiro atoms. The molecule has 3 rings (SSSR count). The summed E-state index contributed by atoms with van der Waals surface area (Å²) in [5.41, 5.74) is 4.85. The minimum absolute atomic E-state index is 0.00393. The molecule has 138 valence electrons. The van der Waals surface area contributed by atoms with Crippen LogP contribution in [0.25, 0.3) is 11.0 Å². The number of nitrogens with zero attached hydrogens (tertiary/aromatic N) is 3. The van der Waals surface area contributed by atoms with Gasteiger partial charge in [0.05, 0.1) is 29.2 Å². The highest BCUT2D eigenvalue weighted by molar-refractivity contribution is 7.98. The van der Waals surface area contributed by atoms with Crippen LogP contribution in [0.2, 0.25) is 0 Å². The molecule has 0 fully saturated rings. The largest absolute Gasteiger partial charge is 0.346 e. The highest BCUT2D eigenvalue weighted by Crippen LogP contribution is 2.21. The lowest BCUT2D eigenvalue weighted by Gasteiger charge is -2.16. The number of para-hydroxylation sites is 2. The van der Waals surface area contributed by atoms with E-state index in [9.17, 15) is 4.79 Å². The zero-order valence-electron chi connectivity index (χ0n) is 15.7. The van der Waals surface area contributed by atoms with Gasteiger partial charge in [-0.05, 0) is 44.4 Å². The number of thioether (sulfide) groups is 1. The van der Waals surface area contributed by atoms with Crippen LogP contribution in [-0.4, -0.2) is 37.7 Å². The predicted octanol–water partition coefficient (Wildman–Crippen LogP) is 3.07. The van der Waals surface area contributed by atoms with Gasteiger partial charge in [-0.3, -0.25) is 9.48 Å². The quantitative estimate of drug-likeness (QED) is 0.669. The van der Waals surface area contributed by atoms with Gasteiger partial charge >= 0.3 is 0 Å². The smallest absolute Gasteiger partial charge is 0.225 e. The number of hydrogen-bond donors (Lipinski definition) is 2. The van der Waals surface area contributed by atoms with Crippen molar-refractivity contribution >= 4 is 28.7 Å². The first kappa shape index (κ1) is 18.5. The molecule has 26 heavy (non-hydrogen) atoms. The van der Waals surface area contributed by atoms with Crippen molar-refractivity contribution in [3.63, 3.8) is 0 Å². The molecule has 0 bridgehead atoms. The average Bonchev–Trinajstić information content (AvgIpc) is 3.15. The molecule has 0 radical (unpaired) electrons. The van der Waals surface area contributed by atoms with Crippen molar-refractivity contribution in [2.24, 2.45) is 7.05 Å². The summed E-state index contributed by atoms with van der Waals surface area (Å²) < 4.78 is 1.82. The summed E-state index contributed by atoms with van der Waals surface area (Å²) in [5.74, 6) is 1.76. The van der Waals surface area contributed by atoms with E-state index in [1.165, 1.54) is 0 Å². The Morgan fingerprint density at radius 3 is 2.77 bits per heavy atom. The molecule has 1 atom stereocenters. The van der Waals surface area contributed by atoms with Crippen LogP contribution >= 0.6 is 11.8 Å². The van der Waals surface area contributed by atoms with Crippen molar-refractivity contribution in [2.45, 2.75) is 32.7 Å². The number of fused-ring (bicyclic) bond motifs is 1. The highest BCUT2D eigenvalue weighted by atomic mass is 32.2. The average molecular weight is 372 g/mol. The molecule has 0 aliphatic heterocycles. The van der Waals surface area contributed by atoms with Gasteiger partial charge in [-0.15, -0.1) is 0 Å². The number of benzene rings is 1. The number of aryl methyl sites for hydroxylation is 2. The minimum atomic E-state index is -0.125. The van der Waals surface area contributed by atoms with Gasteiger partial charge < -0.3 is 10.3 Å². The summed E-state index contributed by atoms with van der Waals surface area (Å²) >= 11 is 1.76. The molecule has 0 aliphatic carbocycles.